The Labute approximate surface area is 201 Å². The predicted molar refractivity (Wildman–Crippen MR) is 122 cm³/mol. The molecule has 2 atom stereocenters. The Morgan fingerprint density at radius 1 is 1.06 bits per heavy atom. The zero-order valence-electron chi connectivity index (χ0n) is 19.0. The maximum atomic E-state index is 13.8. The molecule has 9 heteroatoms. The van der Waals surface area contributed by atoms with Crippen molar-refractivity contribution in [2.75, 3.05) is 13.2 Å². The Balaban J connectivity index is 1.22. The first-order valence-corrected chi connectivity index (χ1v) is 11.7. The molecule has 1 saturated carbocycles. The van der Waals surface area contributed by atoms with Crippen molar-refractivity contribution >= 4 is 18.0 Å². The van der Waals surface area contributed by atoms with E-state index in [-0.39, 0.29) is 24.9 Å². The summed E-state index contributed by atoms with van der Waals surface area (Å²) in [6, 6.07) is 13.8. The topological polar surface area (TPSA) is 95.9 Å². The molecule has 184 valence electrons. The van der Waals surface area contributed by atoms with E-state index < -0.39 is 48.9 Å². The third-order valence-corrected chi connectivity index (χ3v) is 7.11. The van der Waals surface area contributed by atoms with Gasteiger partial charge in [-0.3, -0.25) is 4.79 Å². The number of carbonyl (C=O) groups excluding carboxylic acids is 2. The zero-order chi connectivity index (χ0) is 24.7. The molecule has 1 unspecified atom stereocenters. The maximum Gasteiger partial charge on any atom is 0.407 e. The number of alkyl halides is 2. The first-order chi connectivity index (χ1) is 16.7. The molecule has 0 aromatic heterocycles. The highest BCUT2D eigenvalue weighted by Crippen LogP contribution is 2.44. The van der Waals surface area contributed by atoms with Crippen LogP contribution in [0.1, 0.15) is 42.7 Å². The molecule has 7 nitrogen and oxygen atoms in total. The Morgan fingerprint density at radius 3 is 2.23 bits per heavy atom. The van der Waals surface area contributed by atoms with Crippen LogP contribution in [0.5, 0.6) is 0 Å². The summed E-state index contributed by atoms with van der Waals surface area (Å²) in [5.41, 5.74) is 4.36. The molecule has 2 aromatic rings. The van der Waals surface area contributed by atoms with E-state index in [9.17, 15) is 28.3 Å². The van der Waals surface area contributed by atoms with Crippen molar-refractivity contribution in [1.29, 1.82) is 0 Å². The molecule has 2 aliphatic carbocycles. The highest BCUT2D eigenvalue weighted by atomic mass is 19.3. The number of likely N-dealkylation sites (tertiary alicyclic amines) is 1. The minimum Gasteiger partial charge on any atom is -0.480 e. The van der Waals surface area contributed by atoms with Crippen LogP contribution in [0, 0.1) is 5.92 Å². The number of alkyl carbamates (subject to hydrolysis) is 1. The number of carboxylic acid groups (broad SMARTS) is 1. The number of ether oxygens (including phenoxy) is 1. The fraction of sp³-hybridized carbons (Fsp3) is 0.423. The Kier molecular flexibility index (Phi) is 5.94. The number of nitrogens with zero attached hydrogens (tertiary/aromatic N) is 1. The van der Waals surface area contributed by atoms with E-state index in [0.29, 0.717) is 0 Å². The number of rotatable bonds is 7. The van der Waals surface area contributed by atoms with Crippen LogP contribution in [0.25, 0.3) is 11.1 Å². The Bertz CT molecular complexity index is 1120. The lowest BCUT2D eigenvalue weighted by molar-refractivity contribution is -0.148. The predicted octanol–water partition coefficient (Wildman–Crippen LogP) is 4.01. The number of fused-ring (bicyclic) bond motifs is 3. The van der Waals surface area contributed by atoms with Crippen LogP contribution in [-0.4, -0.2) is 59.1 Å². The second-order valence-corrected chi connectivity index (χ2v) is 9.55. The quantitative estimate of drug-likeness (QED) is 0.619. The van der Waals surface area contributed by atoms with Gasteiger partial charge in [-0.1, -0.05) is 48.5 Å². The molecule has 1 aliphatic heterocycles. The second kappa shape index (κ2) is 8.94. The molecule has 0 radical (unpaired) electrons. The van der Waals surface area contributed by atoms with Crippen molar-refractivity contribution in [3.05, 3.63) is 59.7 Å². The van der Waals surface area contributed by atoms with Gasteiger partial charge in [-0.2, -0.15) is 0 Å². The van der Waals surface area contributed by atoms with Crippen molar-refractivity contribution in [2.24, 2.45) is 5.92 Å². The summed E-state index contributed by atoms with van der Waals surface area (Å²) in [4.78, 5) is 37.5. The lowest BCUT2D eigenvalue weighted by atomic mass is 9.98. The van der Waals surface area contributed by atoms with Gasteiger partial charge in [0.25, 0.3) is 5.92 Å². The van der Waals surface area contributed by atoms with Crippen molar-refractivity contribution in [3.8, 4) is 11.1 Å². The molecule has 2 amide bonds. The number of halogens is 2. The van der Waals surface area contributed by atoms with Gasteiger partial charge >= 0.3 is 12.1 Å². The van der Waals surface area contributed by atoms with Gasteiger partial charge in [0, 0.05) is 24.8 Å². The normalized spacial score (nSPS) is 21.2. The van der Waals surface area contributed by atoms with E-state index in [1.165, 1.54) is 0 Å². The van der Waals surface area contributed by atoms with E-state index in [0.717, 1.165) is 40.0 Å². The number of nitrogens with one attached hydrogen (secondary N) is 1. The number of aliphatic carboxylic acids is 1. The largest absolute Gasteiger partial charge is 0.480 e. The van der Waals surface area contributed by atoms with Gasteiger partial charge in [-0.05, 0) is 41.0 Å². The van der Waals surface area contributed by atoms with Crippen molar-refractivity contribution in [1.82, 2.24) is 10.2 Å². The molecule has 0 bridgehead atoms. The van der Waals surface area contributed by atoms with Crippen molar-refractivity contribution < 1.29 is 33.0 Å². The van der Waals surface area contributed by atoms with Gasteiger partial charge in [0.15, 0.2) is 0 Å². The molecule has 1 saturated heterocycles. The molecular formula is C26H26F2N2O5. The van der Waals surface area contributed by atoms with Gasteiger partial charge in [0.05, 0.1) is 6.54 Å². The smallest absolute Gasteiger partial charge is 0.407 e. The first-order valence-electron chi connectivity index (χ1n) is 11.7. The lowest BCUT2D eigenvalue weighted by Gasteiger charge is -2.25. The number of benzene rings is 2. The van der Waals surface area contributed by atoms with Gasteiger partial charge in [0.2, 0.25) is 5.91 Å². The summed E-state index contributed by atoms with van der Waals surface area (Å²) >= 11 is 0. The van der Waals surface area contributed by atoms with E-state index in [4.69, 9.17) is 4.74 Å². The molecule has 35 heavy (non-hydrogen) atoms. The van der Waals surface area contributed by atoms with E-state index in [2.05, 4.69) is 5.32 Å². The number of hydrogen-bond acceptors (Lipinski definition) is 4. The molecule has 2 fully saturated rings. The highest BCUT2D eigenvalue weighted by Gasteiger charge is 2.50. The number of hydrogen-bond donors (Lipinski definition) is 2. The van der Waals surface area contributed by atoms with E-state index in [1.807, 2.05) is 48.5 Å². The van der Waals surface area contributed by atoms with Crippen LogP contribution < -0.4 is 5.32 Å². The summed E-state index contributed by atoms with van der Waals surface area (Å²) in [7, 11) is 0. The standard InChI is InChI=1S/C26H26F2N2O5/c27-26(28)12-22(24(32)33)30(14-26)23(31)11-21(15-9-10-15)29-25(34)35-13-20-18-7-3-1-5-16(18)17-6-2-4-8-19(17)20/h1-8,15,20-22H,9-14H2,(H,29,34)(H,32,33)/t21?,22-/m1/s1. The highest BCUT2D eigenvalue weighted by molar-refractivity contribution is 5.85. The number of carbonyl (C=O) groups is 3. The SMILES string of the molecule is O=C(NC(CC(=O)N1CC(F)(F)C[C@@H]1C(=O)O)C1CC1)OCC1c2ccccc2-c2ccccc21. The fourth-order valence-electron chi connectivity index (χ4n) is 5.23. The van der Waals surface area contributed by atoms with Gasteiger partial charge < -0.3 is 20.1 Å². The Morgan fingerprint density at radius 2 is 1.66 bits per heavy atom. The molecule has 2 aromatic carbocycles. The average molecular weight is 484 g/mol. The average Bonchev–Trinajstić information content (AvgIpc) is 3.55. The fourth-order valence-corrected chi connectivity index (χ4v) is 5.23. The van der Waals surface area contributed by atoms with Gasteiger partial charge in [0.1, 0.15) is 12.6 Å². The number of amides is 2. The molecule has 0 spiro atoms. The van der Waals surface area contributed by atoms with Gasteiger partial charge in [-0.25, -0.2) is 18.4 Å². The first kappa shape index (κ1) is 23.3. The Hall–Kier alpha value is -3.49. The molecule has 2 N–H and O–H groups in total. The van der Waals surface area contributed by atoms with Crippen molar-refractivity contribution in [2.45, 2.75) is 49.6 Å². The van der Waals surface area contributed by atoms with Crippen LogP contribution in [0.3, 0.4) is 0 Å². The van der Waals surface area contributed by atoms with Crippen LogP contribution in [0.2, 0.25) is 0 Å². The molecule has 1 heterocycles. The number of carboxylic acids is 1. The third-order valence-electron chi connectivity index (χ3n) is 7.11. The summed E-state index contributed by atoms with van der Waals surface area (Å²) in [6.45, 7) is -0.810. The summed E-state index contributed by atoms with van der Waals surface area (Å²) in [5.74, 6) is -5.48. The van der Waals surface area contributed by atoms with Crippen LogP contribution in [0.4, 0.5) is 13.6 Å². The summed E-state index contributed by atoms with van der Waals surface area (Å²) in [6.07, 6.45) is -0.241. The van der Waals surface area contributed by atoms with Crippen LogP contribution in [-0.2, 0) is 14.3 Å². The molecular weight excluding hydrogens is 458 g/mol. The molecule has 5 rings (SSSR count). The second-order valence-electron chi connectivity index (χ2n) is 9.55. The zero-order valence-corrected chi connectivity index (χ0v) is 19.0. The third kappa shape index (κ3) is 4.72. The van der Waals surface area contributed by atoms with E-state index >= 15 is 0 Å². The minimum atomic E-state index is -3.24. The minimum absolute atomic E-state index is 0.0332. The lowest BCUT2D eigenvalue weighted by Crippen LogP contribution is -2.45. The monoisotopic (exact) mass is 484 g/mol. The van der Waals surface area contributed by atoms with Crippen LogP contribution >= 0.6 is 0 Å². The van der Waals surface area contributed by atoms with Crippen LogP contribution in [0.15, 0.2) is 48.5 Å². The summed E-state index contributed by atoms with van der Waals surface area (Å²) in [5, 5.41) is 12.0. The summed E-state index contributed by atoms with van der Waals surface area (Å²) < 4.78 is 33.2. The molecule has 3 aliphatic rings. The van der Waals surface area contributed by atoms with E-state index in [1.54, 1.807) is 0 Å². The van der Waals surface area contributed by atoms with Gasteiger partial charge in [-0.15, -0.1) is 0 Å². The maximum absolute atomic E-state index is 13.8. The van der Waals surface area contributed by atoms with Crippen molar-refractivity contribution in [3.63, 3.8) is 0 Å².